The van der Waals surface area contributed by atoms with E-state index >= 15 is 0 Å². The van der Waals surface area contributed by atoms with E-state index < -0.39 is 9.84 Å². The van der Waals surface area contributed by atoms with Crippen molar-refractivity contribution < 1.29 is 23.1 Å². The second kappa shape index (κ2) is 19.2. The summed E-state index contributed by atoms with van der Waals surface area (Å²) in [6.45, 7) is 16.0. The molecular weight excluding hydrogens is 520 g/mol. The number of Topliss-reactive ketones (excluding diaryl/α,β-unsaturated/α-hetero) is 1. The second-order valence-corrected chi connectivity index (χ2v) is 10.2. The quantitative estimate of drug-likeness (QED) is 0.129. The molecule has 216 valence electrons. The molecule has 0 saturated heterocycles. The van der Waals surface area contributed by atoms with Crippen LogP contribution in [0.15, 0.2) is 141 Å². The molecule has 0 fully saturated rings. The van der Waals surface area contributed by atoms with Gasteiger partial charge in [-0.25, -0.2) is 8.42 Å². The Bertz CT molecular complexity index is 1360. The van der Waals surface area contributed by atoms with Gasteiger partial charge in [0.05, 0.1) is 15.4 Å². The number of sulfone groups is 1. The third kappa shape index (κ3) is 11.5. The van der Waals surface area contributed by atoms with Crippen LogP contribution in [-0.2, 0) is 19.4 Å². The predicted octanol–water partition coefficient (Wildman–Crippen LogP) is 9.15. The molecule has 0 aliphatic heterocycles. The third-order valence-corrected chi connectivity index (χ3v) is 7.61. The molecule has 0 heterocycles. The first-order valence-electron chi connectivity index (χ1n) is 13.2. The van der Waals surface area contributed by atoms with Crippen molar-refractivity contribution in [3.8, 4) is 0 Å². The van der Waals surface area contributed by atoms with Crippen LogP contribution in [0.3, 0.4) is 0 Å². The molecule has 0 aromatic heterocycles. The summed E-state index contributed by atoms with van der Waals surface area (Å²) in [5, 5.41) is 10.3. The van der Waals surface area contributed by atoms with Gasteiger partial charge in [-0.3, -0.25) is 4.79 Å². The molecule has 0 aliphatic rings. The maximum Gasteiger partial charge on any atom is 0.205 e. The molecule has 0 amide bonds. The molecule has 5 nitrogen and oxygen atoms in total. The Hall–Kier alpha value is -3.90. The summed E-state index contributed by atoms with van der Waals surface area (Å²) < 4.78 is 32.4. The van der Waals surface area contributed by atoms with Crippen LogP contribution in [0.1, 0.15) is 62.3 Å². The molecule has 1 N–H and O–H groups in total. The minimum absolute atomic E-state index is 0.120. The average molecular weight is 565 g/mol. The van der Waals surface area contributed by atoms with Crippen LogP contribution in [0.4, 0.5) is 0 Å². The summed E-state index contributed by atoms with van der Waals surface area (Å²) in [5.74, 6) is 0.418. The molecule has 0 atom stereocenters. The Morgan fingerprint density at radius 3 is 1.60 bits per heavy atom. The number of rotatable bonds is 14. The molecule has 0 radical (unpaired) electrons. The lowest BCUT2D eigenvalue weighted by Crippen LogP contribution is -2.07. The molecule has 0 aromatic rings. The fraction of sp³-hybridized carbons (Fsp3) is 0.265. The fourth-order valence-corrected chi connectivity index (χ4v) is 4.50. The molecule has 0 aromatic carbocycles. The van der Waals surface area contributed by atoms with Crippen LogP contribution < -0.4 is 0 Å². The molecule has 0 aliphatic carbocycles. The summed E-state index contributed by atoms with van der Waals surface area (Å²) in [4.78, 5) is 13.3. The first-order valence-corrected chi connectivity index (χ1v) is 14.6. The van der Waals surface area contributed by atoms with Gasteiger partial charge < -0.3 is 9.84 Å². The Morgan fingerprint density at radius 2 is 1.18 bits per heavy atom. The van der Waals surface area contributed by atoms with E-state index in [1.807, 2.05) is 26.8 Å². The number of aliphatic hydroxyl groups is 1. The number of hydrogen-bond acceptors (Lipinski definition) is 5. The first kappa shape index (κ1) is 36.1. The van der Waals surface area contributed by atoms with Crippen LogP contribution in [0.2, 0.25) is 0 Å². The van der Waals surface area contributed by atoms with Gasteiger partial charge in [0, 0.05) is 5.57 Å². The van der Waals surface area contributed by atoms with E-state index in [0.29, 0.717) is 17.1 Å². The Kier molecular flexibility index (Phi) is 17.3. The highest BCUT2D eigenvalue weighted by Gasteiger charge is 2.19. The van der Waals surface area contributed by atoms with Gasteiger partial charge in [-0.15, -0.1) is 0 Å². The Morgan fingerprint density at radius 1 is 0.650 bits per heavy atom. The summed E-state index contributed by atoms with van der Waals surface area (Å²) >= 11 is 0. The van der Waals surface area contributed by atoms with E-state index in [4.69, 9.17) is 4.74 Å². The minimum atomic E-state index is -3.73. The lowest BCUT2D eigenvalue weighted by molar-refractivity contribution is -0.112. The van der Waals surface area contributed by atoms with Gasteiger partial charge in [-0.1, -0.05) is 54.2 Å². The topological polar surface area (TPSA) is 80.7 Å². The number of ketones is 1. The van der Waals surface area contributed by atoms with E-state index in [0.717, 1.165) is 5.57 Å². The minimum Gasteiger partial charge on any atom is -0.507 e. The molecule has 0 unspecified atom stereocenters. The zero-order valence-electron chi connectivity index (χ0n) is 25.2. The van der Waals surface area contributed by atoms with Crippen LogP contribution in [0.25, 0.3) is 0 Å². The predicted molar refractivity (Wildman–Crippen MR) is 170 cm³/mol. The van der Waals surface area contributed by atoms with Crippen LogP contribution in [0, 0.1) is 0 Å². The van der Waals surface area contributed by atoms with Crippen molar-refractivity contribution in [2.75, 3.05) is 0 Å². The van der Waals surface area contributed by atoms with Crippen molar-refractivity contribution in [1.29, 1.82) is 0 Å². The summed E-state index contributed by atoms with van der Waals surface area (Å²) in [5.41, 5.74) is 1.51. The van der Waals surface area contributed by atoms with E-state index in [2.05, 4.69) is 0 Å². The monoisotopic (exact) mass is 564 g/mol. The maximum absolute atomic E-state index is 13.2. The smallest absolute Gasteiger partial charge is 0.205 e. The van der Waals surface area contributed by atoms with Gasteiger partial charge >= 0.3 is 0 Å². The Labute approximate surface area is 241 Å². The fourth-order valence-electron chi connectivity index (χ4n) is 3.11. The lowest BCUT2D eigenvalue weighted by atomic mass is 10.0. The highest BCUT2D eigenvalue weighted by atomic mass is 32.2. The van der Waals surface area contributed by atoms with E-state index in [9.17, 15) is 18.3 Å². The summed E-state index contributed by atoms with van der Waals surface area (Å²) in [7, 11) is -3.73. The van der Waals surface area contributed by atoms with Gasteiger partial charge in [-0.05, 0) is 111 Å². The highest BCUT2D eigenvalue weighted by Crippen LogP contribution is 2.22. The van der Waals surface area contributed by atoms with E-state index in [-0.39, 0.29) is 26.9 Å². The molecule has 0 bridgehead atoms. The highest BCUT2D eigenvalue weighted by molar-refractivity contribution is 7.99. The van der Waals surface area contributed by atoms with Gasteiger partial charge in [0.15, 0.2) is 5.78 Å². The van der Waals surface area contributed by atoms with Crippen LogP contribution >= 0.6 is 0 Å². The third-order valence-electron chi connectivity index (χ3n) is 5.63. The normalized spacial score (nSPS) is 16.3. The number of allylic oxidation sites excluding steroid dienone is 19. The van der Waals surface area contributed by atoms with Gasteiger partial charge in [-0.2, -0.15) is 0 Å². The van der Waals surface area contributed by atoms with Crippen molar-refractivity contribution in [3.05, 3.63) is 141 Å². The average Bonchev–Trinajstić information content (AvgIpc) is 2.95. The van der Waals surface area contributed by atoms with E-state index in [1.54, 1.807) is 121 Å². The Balaban J connectivity index is 5.95. The molecular formula is C34H44O5S. The first-order chi connectivity index (χ1) is 19.0. The zero-order chi connectivity index (χ0) is 30.7. The van der Waals surface area contributed by atoms with Crippen LogP contribution in [0.5, 0.6) is 0 Å². The SMILES string of the molecule is C\C=C/C=C(O)\C(=C/C)C(=O)C(/C=C\C(=C/C)OC(/C=C\C(=C/C)S(=O)(=O)C(/C=C\C(C)=C/C)=C/C)=C/C)=C/C. The number of aliphatic hydroxyl groups excluding tert-OH is 1. The standard InChI is InChI=1S/C34H44O5S/c1-10-18-19-33(35)32(17-8)34(36)27(12-3)21-22-28(13-4)39-29(14-5)23-25-31(16-7)40(37,38)30(15-6)24-20-26(9)11-2/h10-25,35H,1-9H3/b18-10-,22-21-,24-20-,25-23-,26-11-,27-12+,28-13+,29-14+,30-15+,31-16+,32-17+,33-19+. The number of hydrogen-bond donors (Lipinski definition) is 1. The lowest BCUT2D eigenvalue weighted by Gasteiger charge is -2.10. The molecule has 40 heavy (non-hydrogen) atoms. The van der Waals surface area contributed by atoms with Crippen molar-refractivity contribution in [3.63, 3.8) is 0 Å². The van der Waals surface area contributed by atoms with Crippen molar-refractivity contribution in [2.45, 2.75) is 62.3 Å². The van der Waals surface area contributed by atoms with Crippen LogP contribution in [-0.4, -0.2) is 19.3 Å². The van der Waals surface area contributed by atoms with Crippen molar-refractivity contribution in [2.24, 2.45) is 0 Å². The maximum atomic E-state index is 13.2. The number of ether oxygens (including phenoxy) is 1. The number of carbonyl (C=O) groups is 1. The van der Waals surface area contributed by atoms with Gasteiger partial charge in [0.25, 0.3) is 0 Å². The van der Waals surface area contributed by atoms with Gasteiger partial charge in [0.1, 0.15) is 17.3 Å². The summed E-state index contributed by atoms with van der Waals surface area (Å²) in [6.07, 6.45) is 26.2. The zero-order valence-corrected chi connectivity index (χ0v) is 26.0. The molecule has 6 heteroatoms. The van der Waals surface area contributed by atoms with Crippen molar-refractivity contribution >= 4 is 15.6 Å². The van der Waals surface area contributed by atoms with Gasteiger partial charge in [0.2, 0.25) is 9.84 Å². The van der Waals surface area contributed by atoms with E-state index in [1.165, 1.54) is 12.2 Å². The second-order valence-electron chi connectivity index (χ2n) is 8.26. The van der Waals surface area contributed by atoms with Crippen molar-refractivity contribution in [1.82, 2.24) is 0 Å². The number of carbonyl (C=O) groups excluding carboxylic acids is 1. The molecule has 0 rings (SSSR count). The molecule has 0 spiro atoms. The summed E-state index contributed by atoms with van der Waals surface area (Å²) in [6, 6.07) is 0. The molecule has 0 saturated carbocycles. The largest absolute Gasteiger partial charge is 0.507 e.